The van der Waals surface area contributed by atoms with Crippen LogP contribution in [-0.2, 0) is 9.59 Å². The minimum absolute atomic E-state index is 0.0355. The predicted molar refractivity (Wildman–Crippen MR) is 77.6 cm³/mol. The van der Waals surface area contributed by atoms with Gasteiger partial charge in [-0.2, -0.15) is 0 Å². The van der Waals surface area contributed by atoms with E-state index in [1.807, 2.05) is 6.92 Å². The molecule has 0 spiro atoms. The van der Waals surface area contributed by atoms with Crippen molar-refractivity contribution in [1.82, 2.24) is 10.6 Å². The predicted octanol–water partition coefficient (Wildman–Crippen LogP) is 0.973. The number of aliphatic carboxylic acids is 1. The summed E-state index contributed by atoms with van der Waals surface area (Å²) in [5, 5.41) is 14.1. The molecule has 7 heteroatoms. The molecule has 0 radical (unpaired) electrons. The lowest BCUT2D eigenvalue weighted by Gasteiger charge is -2.30. The summed E-state index contributed by atoms with van der Waals surface area (Å²) in [6, 6.07) is -1.80. The van der Waals surface area contributed by atoms with Gasteiger partial charge in [0.15, 0.2) is 0 Å². The summed E-state index contributed by atoms with van der Waals surface area (Å²) < 4.78 is 0. The fraction of sp³-hybridized carbons (Fsp3) is 0.786. The van der Waals surface area contributed by atoms with E-state index in [0.29, 0.717) is 5.92 Å². The zero-order valence-electron chi connectivity index (χ0n) is 12.4. The van der Waals surface area contributed by atoms with Crippen LogP contribution in [0.1, 0.15) is 51.9 Å². The van der Waals surface area contributed by atoms with Crippen LogP contribution in [0.2, 0.25) is 0 Å². The Morgan fingerprint density at radius 1 is 1.19 bits per heavy atom. The highest BCUT2D eigenvalue weighted by Gasteiger charge is 2.26. The van der Waals surface area contributed by atoms with Gasteiger partial charge in [0.1, 0.15) is 6.04 Å². The molecule has 1 aliphatic rings. The number of carbonyl (C=O) groups is 3. The number of carboxylic acid groups (broad SMARTS) is 1. The minimum Gasteiger partial charge on any atom is -0.480 e. The first-order valence-corrected chi connectivity index (χ1v) is 7.52. The summed E-state index contributed by atoms with van der Waals surface area (Å²) in [7, 11) is 0. The van der Waals surface area contributed by atoms with Gasteiger partial charge in [-0.15, -0.1) is 0 Å². The molecule has 0 saturated heterocycles. The van der Waals surface area contributed by atoms with Crippen molar-refractivity contribution in [2.75, 3.05) is 0 Å². The van der Waals surface area contributed by atoms with Crippen molar-refractivity contribution in [3.05, 3.63) is 0 Å². The molecule has 0 aromatic rings. The second kappa shape index (κ2) is 8.49. The monoisotopic (exact) mass is 299 g/mol. The molecule has 1 saturated carbocycles. The van der Waals surface area contributed by atoms with Crippen LogP contribution < -0.4 is 16.4 Å². The second-order valence-electron chi connectivity index (χ2n) is 5.59. The number of nitrogens with one attached hydrogen (secondary N) is 2. The fourth-order valence-electron chi connectivity index (χ4n) is 2.86. The van der Waals surface area contributed by atoms with Crippen molar-refractivity contribution in [1.29, 1.82) is 0 Å². The quantitative estimate of drug-likeness (QED) is 0.559. The molecule has 3 amide bonds. The third kappa shape index (κ3) is 6.01. The Morgan fingerprint density at radius 2 is 1.81 bits per heavy atom. The van der Waals surface area contributed by atoms with E-state index in [4.69, 9.17) is 10.8 Å². The molecule has 1 rings (SSSR count). The van der Waals surface area contributed by atoms with E-state index in [1.165, 1.54) is 19.3 Å². The number of carboxylic acids is 1. The zero-order valence-corrected chi connectivity index (χ0v) is 12.4. The van der Waals surface area contributed by atoms with Crippen LogP contribution in [0.5, 0.6) is 0 Å². The van der Waals surface area contributed by atoms with E-state index < -0.39 is 30.4 Å². The van der Waals surface area contributed by atoms with E-state index in [0.717, 1.165) is 19.3 Å². The largest absolute Gasteiger partial charge is 0.480 e. The molecule has 1 unspecified atom stereocenters. The molecule has 2 atom stereocenters. The van der Waals surface area contributed by atoms with E-state index in [-0.39, 0.29) is 6.04 Å². The first-order chi connectivity index (χ1) is 9.93. The standard InChI is InChI=1S/C14H25N3O4/c1-2-10(9-6-4-3-5-7-9)16-14(21)17-11(13(19)20)8-12(15)18/h9-11H,2-8H2,1H3,(H2,15,18)(H,19,20)(H2,16,17,21)/t10?,11-/m1/s1. The maximum Gasteiger partial charge on any atom is 0.326 e. The number of urea groups is 1. The Bertz CT molecular complexity index is 380. The molecule has 5 N–H and O–H groups in total. The molecule has 21 heavy (non-hydrogen) atoms. The first kappa shape index (κ1) is 17.3. The van der Waals surface area contributed by atoms with Crippen LogP contribution in [0, 0.1) is 5.92 Å². The third-order valence-electron chi connectivity index (χ3n) is 3.98. The Kier molecular flexibility index (Phi) is 6.98. The van der Waals surface area contributed by atoms with Gasteiger partial charge in [0, 0.05) is 6.04 Å². The van der Waals surface area contributed by atoms with Gasteiger partial charge in [-0.05, 0) is 25.2 Å². The van der Waals surface area contributed by atoms with Crippen LogP contribution in [0.4, 0.5) is 4.79 Å². The molecule has 1 aliphatic carbocycles. The molecular weight excluding hydrogens is 274 g/mol. The first-order valence-electron chi connectivity index (χ1n) is 7.52. The highest BCUT2D eigenvalue weighted by atomic mass is 16.4. The van der Waals surface area contributed by atoms with Gasteiger partial charge in [0.05, 0.1) is 6.42 Å². The average Bonchev–Trinajstić information content (AvgIpc) is 2.44. The van der Waals surface area contributed by atoms with Crippen molar-refractivity contribution >= 4 is 17.9 Å². The summed E-state index contributed by atoms with van der Waals surface area (Å²) in [6.07, 6.45) is 6.13. The highest BCUT2D eigenvalue weighted by Crippen LogP contribution is 2.27. The lowest BCUT2D eigenvalue weighted by atomic mass is 9.83. The topological polar surface area (TPSA) is 122 Å². The Labute approximate surface area is 124 Å². The van der Waals surface area contributed by atoms with Crippen LogP contribution in [0.25, 0.3) is 0 Å². The normalized spacial score (nSPS) is 18.5. The van der Waals surface area contributed by atoms with Crippen LogP contribution in [-0.4, -0.2) is 35.1 Å². The Hall–Kier alpha value is -1.79. The summed E-state index contributed by atoms with van der Waals surface area (Å²) in [5.74, 6) is -1.59. The Balaban J connectivity index is 2.52. The summed E-state index contributed by atoms with van der Waals surface area (Å²) >= 11 is 0. The van der Waals surface area contributed by atoms with Crippen molar-refractivity contribution < 1.29 is 19.5 Å². The van der Waals surface area contributed by atoms with Gasteiger partial charge in [-0.1, -0.05) is 26.2 Å². The Morgan fingerprint density at radius 3 is 2.29 bits per heavy atom. The smallest absolute Gasteiger partial charge is 0.326 e. The second-order valence-corrected chi connectivity index (χ2v) is 5.59. The molecule has 0 heterocycles. The molecule has 1 fully saturated rings. The van der Waals surface area contributed by atoms with E-state index >= 15 is 0 Å². The van der Waals surface area contributed by atoms with Gasteiger partial charge in [0.2, 0.25) is 5.91 Å². The van der Waals surface area contributed by atoms with Crippen LogP contribution in [0.3, 0.4) is 0 Å². The van der Waals surface area contributed by atoms with E-state index in [2.05, 4.69) is 10.6 Å². The molecule has 0 aromatic carbocycles. The minimum atomic E-state index is -1.29. The summed E-state index contributed by atoms with van der Waals surface area (Å²) in [6.45, 7) is 2.00. The maximum atomic E-state index is 11.9. The molecule has 0 bridgehead atoms. The van der Waals surface area contributed by atoms with Crippen LogP contribution in [0.15, 0.2) is 0 Å². The number of amides is 3. The number of hydrogen-bond donors (Lipinski definition) is 4. The van der Waals surface area contributed by atoms with Gasteiger partial charge in [-0.25, -0.2) is 9.59 Å². The van der Waals surface area contributed by atoms with Crippen molar-refractivity contribution in [2.45, 2.75) is 64.0 Å². The number of nitrogens with two attached hydrogens (primary N) is 1. The number of carbonyl (C=O) groups excluding carboxylic acids is 2. The average molecular weight is 299 g/mol. The number of primary amides is 1. The van der Waals surface area contributed by atoms with Gasteiger partial charge in [-0.3, -0.25) is 4.79 Å². The summed E-state index contributed by atoms with van der Waals surface area (Å²) in [4.78, 5) is 33.7. The lowest BCUT2D eigenvalue weighted by Crippen LogP contribution is -2.51. The zero-order chi connectivity index (χ0) is 15.8. The number of rotatable bonds is 7. The number of hydrogen-bond acceptors (Lipinski definition) is 3. The van der Waals surface area contributed by atoms with Crippen LogP contribution >= 0.6 is 0 Å². The van der Waals surface area contributed by atoms with E-state index in [9.17, 15) is 14.4 Å². The van der Waals surface area contributed by atoms with Crippen molar-refractivity contribution in [3.63, 3.8) is 0 Å². The van der Waals surface area contributed by atoms with Crippen molar-refractivity contribution in [2.24, 2.45) is 11.7 Å². The third-order valence-corrected chi connectivity index (χ3v) is 3.98. The lowest BCUT2D eigenvalue weighted by molar-refractivity contribution is -0.140. The summed E-state index contributed by atoms with van der Waals surface area (Å²) in [5.41, 5.74) is 4.98. The SMILES string of the molecule is CCC(NC(=O)N[C@H](CC(N)=O)C(=O)O)C1CCCCC1. The van der Waals surface area contributed by atoms with Gasteiger partial charge in [0.25, 0.3) is 0 Å². The molecule has 120 valence electrons. The molecular formula is C14H25N3O4. The van der Waals surface area contributed by atoms with E-state index in [1.54, 1.807) is 0 Å². The van der Waals surface area contributed by atoms with Crippen molar-refractivity contribution in [3.8, 4) is 0 Å². The van der Waals surface area contributed by atoms with Gasteiger partial charge < -0.3 is 21.5 Å². The van der Waals surface area contributed by atoms with Gasteiger partial charge >= 0.3 is 12.0 Å². The molecule has 0 aliphatic heterocycles. The highest BCUT2D eigenvalue weighted by molar-refractivity contribution is 5.87. The molecule has 0 aromatic heterocycles. The fourth-order valence-corrected chi connectivity index (χ4v) is 2.86. The maximum absolute atomic E-state index is 11.9. The molecule has 7 nitrogen and oxygen atoms in total.